The van der Waals surface area contributed by atoms with Crippen LogP contribution in [0.15, 0.2) is 0 Å². The zero-order chi connectivity index (χ0) is 6.85. The lowest BCUT2D eigenvalue weighted by Crippen LogP contribution is -2.29. The molecule has 52 valence electrons. The van der Waals surface area contributed by atoms with Crippen molar-refractivity contribution >= 4 is 28.5 Å². The Labute approximate surface area is 68.7 Å². The predicted molar refractivity (Wildman–Crippen MR) is 44.4 cm³/mol. The molecule has 0 aromatic rings. The highest BCUT2D eigenvalue weighted by atomic mass is 127. The summed E-state index contributed by atoms with van der Waals surface area (Å²) in [6.07, 6.45) is 1.81. The molecule has 0 saturated carbocycles. The molecule has 0 N–H and O–H groups in total. The number of alkyl halides is 1. The molecule has 0 aromatic carbocycles. The van der Waals surface area contributed by atoms with Gasteiger partial charge in [-0.05, 0) is 13.3 Å². The fourth-order valence-electron chi connectivity index (χ4n) is 1.05. The maximum Gasteiger partial charge on any atom is 0.223 e. The van der Waals surface area contributed by atoms with Crippen molar-refractivity contribution in [1.29, 1.82) is 0 Å². The van der Waals surface area contributed by atoms with Crippen LogP contribution in [-0.2, 0) is 4.79 Å². The molecule has 0 bridgehead atoms. The van der Waals surface area contributed by atoms with E-state index in [0.29, 0.717) is 9.96 Å². The van der Waals surface area contributed by atoms with Crippen LogP contribution in [-0.4, -0.2) is 21.4 Å². The zero-order valence-electron chi connectivity index (χ0n) is 5.43. The van der Waals surface area contributed by atoms with E-state index in [0.717, 1.165) is 19.4 Å². The Morgan fingerprint density at radius 3 is 2.67 bits per heavy atom. The first-order valence-corrected chi connectivity index (χ1v) is 4.40. The van der Waals surface area contributed by atoms with Gasteiger partial charge in [0.15, 0.2) is 0 Å². The third-order valence-corrected chi connectivity index (χ3v) is 2.21. The first-order valence-electron chi connectivity index (χ1n) is 3.15. The smallest absolute Gasteiger partial charge is 0.223 e. The van der Waals surface area contributed by atoms with E-state index in [9.17, 15) is 4.79 Å². The Bertz CT molecular complexity index is 124. The molecule has 1 heterocycles. The Morgan fingerprint density at radius 1 is 1.78 bits per heavy atom. The molecule has 1 rings (SSSR count). The minimum atomic E-state index is 0.317. The number of halogens is 1. The van der Waals surface area contributed by atoms with Gasteiger partial charge in [0.25, 0.3) is 0 Å². The number of hydrogen-bond acceptors (Lipinski definition) is 1. The average Bonchev–Trinajstić information content (AvgIpc) is 2.13. The van der Waals surface area contributed by atoms with Crippen LogP contribution in [0.1, 0.15) is 19.8 Å². The molecule has 1 unspecified atom stereocenters. The molecule has 9 heavy (non-hydrogen) atoms. The highest BCUT2D eigenvalue weighted by Gasteiger charge is 2.22. The number of nitrogens with zero attached hydrogens (tertiary/aromatic N) is 1. The molecule has 2 nitrogen and oxygen atoms in total. The number of amides is 1. The number of carbonyl (C=O) groups excluding carboxylic acids is 1. The molecule has 1 aliphatic rings. The monoisotopic (exact) mass is 239 g/mol. The molecule has 1 amide bonds. The fraction of sp³-hybridized carbons (Fsp3) is 0.833. The summed E-state index contributed by atoms with van der Waals surface area (Å²) >= 11 is 2.26. The summed E-state index contributed by atoms with van der Waals surface area (Å²) in [5.74, 6) is 0.317. The van der Waals surface area contributed by atoms with Crippen LogP contribution in [0.2, 0.25) is 0 Å². The summed E-state index contributed by atoms with van der Waals surface area (Å²) in [6.45, 7) is 3.01. The Balaban J connectivity index is 2.49. The Hall–Kier alpha value is 0.200. The molecule has 1 atom stereocenters. The van der Waals surface area contributed by atoms with E-state index in [4.69, 9.17) is 0 Å². The van der Waals surface area contributed by atoms with Gasteiger partial charge in [-0.3, -0.25) is 4.79 Å². The van der Waals surface area contributed by atoms with Crippen molar-refractivity contribution in [1.82, 2.24) is 4.90 Å². The molecule has 1 aliphatic heterocycles. The number of likely N-dealkylation sites (tertiary alicyclic amines) is 1. The lowest BCUT2D eigenvalue weighted by Gasteiger charge is -2.17. The lowest BCUT2D eigenvalue weighted by molar-refractivity contribution is -0.127. The summed E-state index contributed by atoms with van der Waals surface area (Å²) in [4.78, 5) is 12.9. The van der Waals surface area contributed by atoms with Crippen molar-refractivity contribution < 1.29 is 4.79 Å². The SMILES string of the molecule is CC(I)N1CCCC1=O. The average molecular weight is 239 g/mol. The number of rotatable bonds is 1. The van der Waals surface area contributed by atoms with Gasteiger partial charge in [0.2, 0.25) is 5.91 Å². The number of carbonyl (C=O) groups is 1. The van der Waals surface area contributed by atoms with E-state index in [2.05, 4.69) is 22.6 Å². The third kappa shape index (κ3) is 1.56. The maximum atomic E-state index is 10.9. The molecule has 3 heteroatoms. The molecular weight excluding hydrogens is 229 g/mol. The summed E-state index contributed by atoms with van der Waals surface area (Å²) in [6, 6.07) is 0. The van der Waals surface area contributed by atoms with Crippen LogP contribution in [0.25, 0.3) is 0 Å². The minimum Gasteiger partial charge on any atom is -0.331 e. The highest BCUT2D eigenvalue weighted by molar-refractivity contribution is 14.1. The van der Waals surface area contributed by atoms with Gasteiger partial charge in [0.1, 0.15) is 0 Å². The van der Waals surface area contributed by atoms with E-state index in [1.165, 1.54) is 0 Å². The van der Waals surface area contributed by atoms with E-state index in [-0.39, 0.29) is 0 Å². The topological polar surface area (TPSA) is 20.3 Å². The van der Waals surface area contributed by atoms with Gasteiger partial charge in [0, 0.05) is 13.0 Å². The zero-order valence-corrected chi connectivity index (χ0v) is 7.59. The Kier molecular flexibility index (Phi) is 2.32. The maximum absolute atomic E-state index is 10.9. The van der Waals surface area contributed by atoms with Gasteiger partial charge >= 0.3 is 0 Å². The summed E-state index contributed by atoms with van der Waals surface area (Å²) in [7, 11) is 0. The predicted octanol–water partition coefficient (Wildman–Crippen LogP) is 1.39. The van der Waals surface area contributed by atoms with Crippen molar-refractivity contribution in [3.63, 3.8) is 0 Å². The van der Waals surface area contributed by atoms with Gasteiger partial charge in [-0.2, -0.15) is 0 Å². The van der Waals surface area contributed by atoms with Crippen LogP contribution in [0.4, 0.5) is 0 Å². The molecule has 1 saturated heterocycles. The second-order valence-corrected chi connectivity index (χ2v) is 4.07. The van der Waals surface area contributed by atoms with Crippen molar-refractivity contribution in [2.24, 2.45) is 0 Å². The highest BCUT2D eigenvalue weighted by Crippen LogP contribution is 2.16. The van der Waals surface area contributed by atoms with Crippen LogP contribution in [0.3, 0.4) is 0 Å². The third-order valence-electron chi connectivity index (χ3n) is 1.54. The van der Waals surface area contributed by atoms with Crippen LogP contribution in [0, 0.1) is 0 Å². The second-order valence-electron chi connectivity index (χ2n) is 2.26. The van der Waals surface area contributed by atoms with Crippen molar-refractivity contribution in [3.05, 3.63) is 0 Å². The van der Waals surface area contributed by atoms with Crippen LogP contribution < -0.4 is 0 Å². The lowest BCUT2D eigenvalue weighted by atomic mass is 10.4. The summed E-state index contributed by atoms with van der Waals surface area (Å²) in [5, 5.41) is 0. The van der Waals surface area contributed by atoms with Crippen molar-refractivity contribution in [3.8, 4) is 0 Å². The molecule has 0 radical (unpaired) electrons. The second kappa shape index (κ2) is 2.86. The molecular formula is C6H10INO. The summed E-state index contributed by atoms with van der Waals surface area (Å²) < 4.78 is 0.373. The number of hydrogen-bond donors (Lipinski definition) is 0. The molecule has 0 aromatic heterocycles. The van der Waals surface area contributed by atoms with Crippen molar-refractivity contribution in [2.75, 3.05) is 6.54 Å². The molecule has 1 fully saturated rings. The first kappa shape index (κ1) is 7.31. The van der Waals surface area contributed by atoms with E-state index in [1.54, 1.807) is 0 Å². The minimum absolute atomic E-state index is 0.317. The van der Waals surface area contributed by atoms with Crippen LogP contribution in [0.5, 0.6) is 0 Å². The normalized spacial score (nSPS) is 22.9. The van der Waals surface area contributed by atoms with Gasteiger partial charge in [-0.1, -0.05) is 22.6 Å². The fourth-order valence-corrected chi connectivity index (χ4v) is 1.63. The standard InChI is InChI=1S/C6H10INO/c1-5(7)8-4-2-3-6(8)9/h5H,2-4H2,1H3. The van der Waals surface area contributed by atoms with Gasteiger partial charge < -0.3 is 4.90 Å². The van der Waals surface area contributed by atoms with Gasteiger partial charge in [-0.25, -0.2) is 0 Å². The molecule has 0 spiro atoms. The quantitative estimate of drug-likeness (QED) is 0.384. The Morgan fingerprint density at radius 2 is 2.44 bits per heavy atom. The summed E-state index contributed by atoms with van der Waals surface area (Å²) in [5.41, 5.74) is 0. The first-order chi connectivity index (χ1) is 4.22. The van der Waals surface area contributed by atoms with E-state index >= 15 is 0 Å². The van der Waals surface area contributed by atoms with E-state index in [1.807, 2.05) is 11.8 Å². The molecule has 0 aliphatic carbocycles. The van der Waals surface area contributed by atoms with Gasteiger partial charge in [-0.15, -0.1) is 0 Å². The van der Waals surface area contributed by atoms with Crippen molar-refractivity contribution in [2.45, 2.75) is 23.8 Å². The van der Waals surface area contributed by atoms with E-state index < -0.39 is 0 Å². The largest absolute Gasteiger partial charge is 0.331 e. The van der Waals surface area contributed by atoms with Crippen LogP contribution >= 0.6 is 22.6 Å². The van der Waals surface area contributed by atoms with Gasteiger partial charge in [0.05, 0.1) is 4.05 Å².